The predicted octanol–water partition coefficient (Wildman–Crippen LogP) is 0.796. The van der Waals surface area contributed by atoms with Gasteiger partial charge in [0.2, 0.25) is 0 Å². The third-order valence-electron chi connectivity index (χ3n) is 3.99. The van der Waals surface area contributed by atoms with E-state index in [4.69, 9.17) is 10.2 Å². The zero-order chi connectivity index (χ0) is 13.8. The number of aliphatic hydroxyl groups is 1. The van der Waals surface area contributed by atoms with Crippen LogP contribution in [-0.2, 0) is 4.79 Å². The number of carbonyl (C=O) groups is 2. The molecule has 0 aromatic rings. The molecule has 0 bridgehead atoms. The molecule has 3 N–H and O–H groups in total. The van der Waals surface area contributed by atoms with Gasteiger partial charge in [-0.1, -0.05) is 0 Å². The number of rotatable bonds is 5. The van der Waals surface area contributed by atoms with E-state index >= 15 is 0 Å². The molecule has 2 amide bonds. The molecule has 0 aromatic carbocycles. The molecular weight excluding hydrogens is 248 g/mol. The summed E-state index contributed by atoms with van der Waals surface area (Å²) < 4.78 is 0. The maximum atomic E-state index is 12.1. The topological polar surface area (TPSA) is 89.9 Å². The Kier molecular flexibility index (Phi) is 4.63. The van der Waals surface area contributed by atoms with Crippen molar-refractivity contribution >= 4 is 12.0 Å². The number of amides is 2. The predicted molar refractivity (Wildman–Crippen MR) is 68.7 cm³/mol. The molecule has 0 aliphatic heterocycles. The molecule has 0 radical (unpaired) electrons. The maximum absolute atomic E-state index is 12.1. The minimum atomic E-state index is -0.732. The van der Waals surface area contributed by atoms with Gasteiger partial charge in [-0.3, -0.25) is 4.79 Å². The highest BCUT2D eigenvalue weighted by atomic mass is 16.4. The van der Waals surface area contributed by atoms with E-state index in [9.17, 15) is 9.59 Å². The van der Waals surface area contributed by atoms with E-state index < -0.39 is 5.97 Å². The minimum Gasteiger partial charge on any atom is -0.481 e. The molecule has 2 aliphatic carbocycles. The quantitative estimate of drug-likeness (QED) is 0.689. The molecule has 108 valence electrons. The summed E-state index contributed by atoms with van der Waals surface area (Å²) in [4.78, 5) is 24.6. The molecule has 19 heavy (non-hydrogen) atoms. The molecule has 0 heterocycles. The molecule has 2 saturated carbocycles. The average molecular weight is 270 g/mol. The van der Waals surface area contributed by atoms with Gasteiger partial charge in [0, 0.05) is 18.6 Å². The zero-order valence-electron chi connectivity index (χ0n) is 11.0. The van der Waals surface area contributed by atoms with Gasteiger partial charge in [0.1, 0.15) is 0 Å². The Hall–Kier alpha value is -1.30. The first-order chi connectivity index (χ1) is 9.11. The summed E-state index contributed by atoms with van der Waals surface area (Å²) in [5.74, 6) is -0.991. The van der Waals surface area contributed by atoms with Crippen LogP contribution in [0.4, 0.5) is 4.79 Å². The first-order valence-corrected chi connectivity index (χ1v) is 7.02. The second-order valence-corrected chi connectivity index (χ2v) is 5.48. The van der Waals surface area contributed by atoms with Crippen LogP contribution in [0, 0.1) is 5.92 Å². The normalized spacial score (nSPS) is 26.8. The molecular formula is C13H22N2O4. The fraction of sp³-hybridized carbons (Fsp3) is 0.846. The van der Waals surface area contributed by atoms with Crippen LogP contribution in [0.3, 0.4) is 0 Å². The van der Waals surface area contributed by atoms with Crippen LogP contribution in [0.15, 0.2) is 0 Å². The number of hydrogen-bond acceptors (Lipinski definition) is 3. The fourth-order valence-electron chi connectivity index (χ4n) is 2.69. The lowest BCUT2D eigenvalue weighted by Gasteiger charge is -2.30. The summed E-state index contributed by atoms with van der Waals surface area (Å²) in [5, 5.41) is 20.9. The molecule has 6 heteroatoms. The number of carboxylic acids is 1. The van der Waals surface area contributed by atoms with Gasteiger partial charge in [0.25, 0.3) is 0 Å². The third kappa shape index (κ3) is 3.83. The van der Waals surface area contributed by atoms with Gasteiger partial charge in [-0.15, -0.1) is 0 Å². The Morgan fingerprint density at radius 1 is 1.11 bits per heavy atom. The molecule has 0 aromatic heterocycles. The first kappa shape index (κ1) is 14.1. The lowest BCUT2D eigenvalue weighted by atomic mass is 9.86. The van der Waals surface area contributed by atoms with Crippen molar-refractivity contribution in [2.24, 2.45) is 5.92 Å². The van der Waals surface area contributed by atoms with Crippen LogP contribution in [-0.4, -0.2) is 52.3 Å². The molecule has 2 fully saturated rings. The molecule has 0 saturated heterocycles. The number of carboxylic acid groups (broad SMARTS) is 1. The van der Waals surface area contributed by atoms with Crippen LogP contribution >= 0.6 is 0 Å². The van der Waals surface area contributed by atoms with Crippen molar-refractivity contribution in [1.82, 2.24) is 10.2 Å². The Balaban J connectivity index is 1.77. The number of carbonyl (C=O) groups excluding carboxylic acids is 1. The van der Waals surface area contributed by atoms with Gasteiger partial charge in [0.05, 0.1) is 12.5 Å². The molecule has 0 spiro atoms. The molecule has 6 nitrogen and oxygen atoms in total. The van der Waals surface area contributed by atoms with Crippen LogP contribution in [0.25, 0.3) is 0 Å². The van der Waals surface area contributed by atoms with E-state index in [0.29, 0.717) is 19.4 Å². The highest BCUT2D eigenvalue weighted by molar-refractivity contribution is 5.75. The van der Waals surface area contributed by atoms with E-state index in [0.717, 1.165) is 25.7 Å². The number of hydrogen-bond donors (Lipinski definition) is 3. The van der Waals surface area contributed by atoms with Crippen molar-refractivity contribution in [2.45, 2.75) is 50.6 Å². The molecule has 0 atom stereocenters. The van der Waals surface area contributed by atoms with Gasteiger partial charge in [-0.2, -0.15) is 0 Å². The Labute approximate surface area is 112 Å². The molecule has 0 unspecified atom stereocenters. The molecule has 2 rings (SSSR count). The first-order valence-electron chi connectivity index (χ1n) is 7.02. The van der Waals surface area contributed by atoms with Gasteiger partial charge in [-0.05, 0) is 38.5 Å². The zero-order valence-corrected chi connectivity index (χ0v) is 11.0. The summed E-state index contributed by atoms with van der Waals surface area (Å²) in [6.07, 6.45) is 4.73. The molecule has 2 aliphatic rings. The summed E-state index contributed by atoms with van der Waals surface area (Å²) in [6.45, 7) is 0.358. The number of aliphatic carboxylic acids is 1. The van der Waals surface area contributed by atoms with Crippen molar-refractivity contribution in [1.29, 1.82) is 0 Å². The van der Waals surface area contributed by atoms with Crippen molar-refractivity contribution in [2.75, 3.05) is 13.2 Å². The summed E-state index contributed by atoms with van der Waals surface area (Å²) in [6, 6.07) is 0.237. The minimum absolute atomic E-state index is 0.0182. The summed E-state index contributed by atoms with van der Waals surface area (Å²) >= 11 is 0. The Bertz CT molecular complexity index is 336. The highest BCUT2D eigenvalue weighted by Gasteiger charge is 2.34. The summed E-state index contributed by atoms with van der Waals surface area (Å²) in [5.41, 5.74) is 0. The lowest BCUT2D eigenvalue weighted by Crippen LogP contribution is -2.48. The average Bonchev–Trinajstić information content (AvgIpc) is 3.20. The van der Waals surface area contributed by atoms with E-state index in [2.05, 4.69) is 5.32 Å². The van der Waals surface area contributed by atoms with Gasteiger partial charge < -0.3 is 20.4 Å². The standard InChI is InChI=1S/C13H22N2O4/c16-8-7-15(11-5-6-11)13(19)14-10-3-1-9(2-4-10)12(17)18/h9-11,16H,1-8H2,(H,14,19)(H,17,18). The van der Waals surface area contributed by atoms with E-state index in [1.54, 1.807) is 4.90 Å². The van der Waals surface area contributed by atoms with Crippen LogP contribution in [0.2, 0.25) is 0 Å². The Morgan fingerprint density at radius 3 is 2.21 bits per heavy atom. The SMILES string of the molecule is O=C(O)C1CCC(NC(=O)N(CCO)C2CC2)CC1. The Morgan fingerprint density at radius 2 is 1.74 bits per heavy atom. The summed E-state index contributed by atoms with van der Waals surface area (Å²) in [7, 11) is 0. The largest absolute Gasteiger partial charge is 0.481 e. The van der Waals surface area contributed by atoms with Gasteiger partial charge in [-0.25, -0.2) is 4.79 Å². The second kappa shape index (κ2) is 6.23. The van der Waals surface area contributed by atoms with Crippen molar-refractivity contribution in [3.05, 3.63) is 0 Å². The maximum Gasteiger partial charge on any atom is 0.317 e. The third-order valence-corrected chi connectivity index (χ3v) is 3.99. The van der Waals surface area contributed by atoms with Crippen molar-refractivity contribution < 1.29 is 19.8 Å². The van der Waals surface area contributed by atoms with Gasteiger partial charge >= 0.3 is 12.0 Å². The van der Waals surface area contributed by atoms with E-state index in [1.165, 1.54) is 0 Å². The van der Waals surface area contributed by atoms with Crippen LogP contribution < -0.4 is 5.32 Å². The number of nitrogens with one attached hydrogen (secondary N) is 1. The highest BCUT2D eigenvalue weighted by Crippen LogP contribution is 2.28. The monoisotopic (exact) mass is 270 g/mol. The number of aliphatic hydroxyl groups excluding tert-OH is 1. The van der Waals surface area contributed by atoms with Gasteiger partial charge in [0.15, 0.2) is 0 Å². The van der Waals surface area contributed by atoms with Crippen LogP contribution in [0.5, 0.6) is 0 Å². The van der Waals surface area contributed by atoms with Crippen LogP contribution in [0.1, 0.15) is 38.5 Å². The van der Waals surface area contributed by atoms with E-state index in [-0.39, 0.29) is 30.6 Å². The smallest absolute Gasteiger partial charge is 0.317 e. The number of urea groups is 1. The van der Waals surface area contributed by atoms with Crippen molar-refractivity contribution in [3.8, 4) is 0 Å². The number of nitrogens with zero attached hydrogens (tertiary/aromatic N) is 1. The fourth-order valence-corrected chi connectivity index (χ4v) is 2.69. The second-order valence-electron chi connectivity index (χ2n) is 5.48. The lowest BCUT2D eigenvalue weighted by molar-refractivity contribution is -0.142. The van der Waals surface area contributed by atoms with Crippen molar-refractivity contribution in [3.63, 3.8) is 0 Å². The van der Waals surface area contributed by atoms with E-state index in [1.807, 2.05) is 0 Å².